The van der Waals surface area contributed by atoms with E-state index in [-0.39, 0.29) is 29.9 Å². The smallest absolute Gasteiger partial charge is 0.381 e. The van der Waals surface area contributed by atoms with E-state index in [2.05, 4.69) is 22.8 Å². The summed E-state index contributed by atoms with van der Waals surface area (Å²) in [6.07, 6.45) is 5.59. The van der Waals surface area contributed by atoms with Crippen LogP contribution in [-0.2, 0) is 10.9 Å². The molecule has 0 bridgehead atoms. The van der Waals surface area contributed by atoms with E-state index in [1.807, 2.05) is 31.2 Å². The van der Waals surface area contributed by atoms with Crippen molar-refractivity contribution in [2.75, 3.05) is 11.9 Å². The lowest BCUT2D eigenvalue weighted by atomic mass is 9.73. The number of halogens is 3. The van der Waals surface area contributed by atoms with Crippen LogP contribution in [0.5, 0.6) is 0 Å². The molecule has 2 N–H and O–H groups in total. The van der Waals surface area contributed by atoms with Crippen LogP contribution in [-0.4, -0.2) is 24.6 Å². The number of anilines is 1. The van der Waals surface area contributed by atoms with Crippen molar-refractivity contribution in [1.82, 2.24) is 5.32 Å². The third kappa shape index (κ3) is 5.01. The number of amides is 1. The highest BCUT2D eigenvalue weighted by molar-refractivity contribution is 5.94. The van der Waals surface area contributed by atoms with Gasteiger partial charge in [0.25, 0.3) is 5.91 Å². The van der Waals surface area contributed by atoms with Gasteiger partial charge in [0.15, 0.2) is 0 Å². The van der Waals surface area contributed by atoms with Gasteiger partial charge in [-0.05, 0) is 56.5 Å². The van der Waals surface area contributed by atoms with E-state index in [0.717, 1.165) is 30.9 Å². The second-order valence-electron chi connectivity index (χ2n) is 9.68. The number of benzene rings is 2. The number of fused-ring (bicyclic) bond motifs is 3. The Bertz CT molecular complexity index is 1140. The van der Waals surface area contributed by atoms with E-state index in [4.69, 9.17) is 4.74 Å². The summed E-state index contributed by atoms with van der Waals surface area (Å²) in [5, 5.41) is 6.47. The Morgan fingerprint density at radius 2 is 1.91 bits per heavy atom. The lowest BCUT2D eigenvalue weighted by Crippen LogP contribution is -2.48. The van der Waals surface area contributed by atoms with Gasteiger partial charge < -0.3 is 15.4 Å². The Balaban J connectivity index is 1.36. The van der Waals surface area contributed by atoms with Crippen LogP contribution < -0.4 is 10.6 Å². The van der Waals surface area contributed by atoms with Crippen molar-refractivity contribution >= 4 is 11.6 Å². The number of alkyl halides is 3. The molecule has 0 radical (unpaired) electrons. The maximum absolute atomic E-state index is 13.5. The Kier molecular flexibility index (Phi) is 6.45. The number of carbonyl (C=O) groups excluding carboxylic acids is 1. The quantitative estimate of drug-likeness (QED) is 0.545. The first kappa shape index (κ1) is 23.7. The van der Waals surface area contributed by atoms with Crippen molar-refractivity contribution < 1.29 is 22.7 Å². The molecule has 2 aliphatic heterocycles. The molecule has 2 heterocycles. The van der Waals surface area contributed by atoms with Crippen LogP contribution in [0.25, 0.3) is 0 Å². The van der Waals surface area contributed by atoms with E-state index in [9.17, 15) is 18.0 Å². The van der Waals surface area contributed by atoms with Crippen molar-refractivity contribution in [3.8, 4) is 0 Å². The summed E-state index contributed by atoms with van der Waals surface area (Å²) in [6, 6.07) is 11.3. The molecule has 4 nitrogen and oxygen atoms in total. The zero-order valence-corrected chi connectivity index (χ0v) is 19.5. The fraction of sp³-hybridized carbons (Fsp3) is 0.393. The Hall–Kier alpha value is -3.06. The van der Waals surface area contributed by atoms with Gasteiger partial charge in [-0.25, -0.2) is 0 Å². The highest BCUT2D eigenvalue weighted by Gasteiger charge is 2.45. The van der Waals surface area contributed by atoms with Crippen molar-refractivity contribution in [2.24, 2.45) is 11.8 Å². The normalized spacial score (nSPS) is 27.5. The lowest BCUT2D eigenvalue weighted by molar-refractivity contribution is -0.138. The van der Waals surface area contributed by atoms with E-state index in [1.54, 1.807) is 12.1 Å². The molecule has 0 aromatic heterocycles. The Morgan fingerprint density at radius 1 is 1.11 bits per heavy atom. The van der Waals surface area contributed by atoms with E-state index < -0.39 is 17.8 Å². The third-order valence-electron chi connectivity index (χ3n) is 7.30. The fourth-order valence-electron chi connectivity index (χ4n) is 5.42. The molecule has 5 atom stereocenters. The van der Waals surface area contributed by atoms with Gasteiger partial charge in [-0.2, -0.15) is 13.2 Å². The topological polar surface area (TPSA) is 50.4 Å². The summed E-state index contributed by atoms with van der Waals surface area (Å²) >= 11 is 0. The van der Waals surface area contributed by atoms with Crippen molar-refractivity contribution in [1.29, 1.82) is 0 Å². The average Bonchev–Trinajstić information content (AvgIpc) is 2.86. The molecule has 2 aromatic rings. The molecule has 0 saturated carbocycles. The number of carbonyl (C=O) groups is 1. The first-order valence-corrected chi connectivity index (χ1v) is 12.1. The van der Waals surface area contributed by atoms with Crippen LogP contribution in [0.1, 0.15) is 52.4 Å². The van der Waals surface area contributed by atoms with Gasteiger partial charge in [0.05, 0.1) is 17.8 Å². The zero-order chi connectivity index (χ0) is 24.6. The van der Waals surface area contributed by atoms with Crippen LogP contribution in [0.3, 0.4) is 0 Å². The number of allylic oxidation sites excluding steroid dienone is 3. The maximum Gasteiger partial charge on any atom is 0.416 e. The largest absolute Gasteiger partial charge is 0.416 e. The fourth-order valence-corrected chi connectivity index (χ4v) is 5.42. The van der Waals surface area contributed by atoms with E-state index in [1.165, 1.54) is 12.1 Å². The number of rotatable bonds is 4. The number of aryl methyl sites for hydroxylation is 1. The van der Waals surface area contributed by atoms with Crippen LogP contribution in [0, 0.1) is 18.8 Å². The summed E-state index contributed by atoms with van der Waals surface area (Å²) in [4.78, 5) is 12.6. The summed E-state index contributed by atoms with van der Waals surface area (Å²) in [5.41, 5.74) is 2.21. The van der Waals surface area contributed by atoms with E-state index in [0.29, 0.717) is 23.4 Å². The predicted octanol–water partition coefficient (Wildman–Crippen LogP) is 6.21. The molecule has 3 aliphatic rings. The number of hydrogen-bond acceptors (Lipinski definition) is 3. The standard InChI is InChI=1S/C28H29F3N2O2/c1-17-7-9-19(10-8-17)27(34)32-16-21-12-13-22-25(18-5-3-2-4-6-18)33-24-14-11-20(28(29,30)31)15-23(24)26(22)35-21/h2-5,7-11,14-15,18,21-22,25-26,33H,6,12-13,16H2,1H3,(H,32,34)/t18?,21-,22+,25+,26+/m1/s1. The van der Waals surface area contributed by atoms with Gasteiger partial charge in [0.1, 0.15) is 0 Å². The summed E-state index contributed by atoms with van der Waals surface area (Å²) in [6.45, 7) is 2.27. The predicted molar refractivity (Wildman–Crippen MR) is 129 cm³/mol. The van der Waals surface area contributed by atoms with Crippen LogP contribution >= 0.6 is 0 Å². The highest BCUT2D eigenvalue weighted by Crippen LogP contribution is 2.49. The van der Waals surface area contributed by atoms with Crippen LogP contribution in [0.15, 0.2) is 66.8 Å². The average molecular weight is 483 g/mol. The molecule has 1 amide bonds. The molecule has 5 rings (SSSR count). The van der Waals surface area contributed by atoms with Gasteiger partial charge >= 0.3 is 6.18 Å². The van der Waals surface area contributed by atoms with Gasteiger partial charge in [-0.3, -0.25) is 4.79 Å². The lowest BCUT2D eigenvalue weighted by Gasteiger charge is -2.47. The van der Waals surface area contributed by atoms with Crippen molar-refractivity contribution in [2.45, 2.75) is 50.6 Å². The third-order valence-corrected chi connectivity index (χ3v) is 7.30. The molecule has 2 aromatic carbocycles. The molecule has 1 unspecified atom stereocenters. The Labute approximate surface area is 203 Å². The molecular formula is C28H29F3N2O2. The SMILES string of the molecule is Cc1ccc(C(=O)NC[C@H]2CC[C@@H]3[C@H](O2)c2cc(C(F)(F)F)ccc2N[C@H]3C2C=CC=CC2)cc1. The summed E-state index contributed by atoms with van der Waals surface area (Å²) in [7, 11) is 0. The molecule has 0 spiro atoms. The van der Waals surface area contributed by atoms with Crippen molar-refractivity contribution in [3.05, 3.63) is 89.0 Å². The van der Waals surface area contributed by atoms with Crippen molar-refractivity contribution in [3.63, 3.8) is 0 Å². The highest BCUT2D eigenvalue weighted by atomic mass is 19.4. The first-order valence-electron chi connectivity index (χ1n) is 12.1. The maximum atomic E-state index is 13.5. The summed E-state index contributed by atoms with van der Waals surface area (Å²) < 4.78 is 46.9. The molecule has 1 fully saturated rings. The second-order valence-corrected chi connectivity index (χ2v) is 9.68. The first-order chi connectivity index (χ1) is 16.8. The zero-order valence-electron chi connectivity index (χ0n) is 19.5. The summed E-state index contributed by atoms with van der Waals surface area (Å²) in [5.74, 6) is 0.0957. The van der Waals surface area contributed by atoms with Gasteiger partial charge in [-0.1, -0.05) is 42.0 Å². The minimum atomic E-state index is -4.42. The van der Waals surface area contributed by atoms with Crippen LogP contribution in [0.4, 0.5) is 18.9 Å². The van der Waals surface area contributed by atoms with E-state index >= 15 is 0 Å². The minimum absolute atomic E-state index is 0.0381. The minimum Gasteiger partial charge on any atom is -0.381 e. The van der Waals surface area contributed by atoms with Gasteiger partial charge in [0.2, 0.25) is 0 Å². The second kappa shape index (κ2) is 9.53. The molecule has 7 heteroatoms. The number of nitrogens with one attached hydrogen (secondary N) is 2. The molecule has 184 valence electrons. The molecular weight excluding hydrogens is 453 g/mol. The molecule has 1 saturated heterocycles. The number of hydrogen-bond donors (Lipinski definition) is 2. The monoisotopic (exact) mass is 482 g/mol. The van der Waals surface area contributed by atoms with Gasteiger partial charge in [-0.15, -0.1) is 0 Å². The van der Waals surface area contributed by atoms with Gasteiger partial charge in [0, 0.05) is 41.2 Å². The number of ether oxygens (including phenoxy) is 1. The molecule has 35 heavy (non-hydrogen) atoms. The molecule has 1 aliphatic carbocycles. The van der Waals surface area contributed by atoms with Crippen LogP contribution in [0.2, 0.25) is 0 Å². The Morgan fingerprint density at radius 3 is 2.63 bits per heavy atom.